The molecule has 2 rings (SSSR count). The Morgan fingerprint density at radius 2 is 2.05 bits per heavy atom. The second-order valence-electron chi connectivity index (χ2n) is 5.91. The zero-order valence-corrected chi connectivity index (χ0v) is 14.0. The molecule has 1 saturated heterocycles. The lowest BCUT2D eigenvalue weighted by molar-refractivity contribution is -0.123. The van der Waals surface area contributed by atoms with Crippen molar-refractivity contribution in [3.63, 3.8) is 0 Å². The molecule has 1 aromatic carbocycles. The van der Waals surface area contributed by atoms with Gasteiger partial charge in [0.25, 0.3) is 0 Å². The van der Waals surface area contributed by atoms with Crippen LogP contribution in [-0.2, 0) is 4.79 Å². The van der Waals surface area contributed by atoms with Crippen molar-refractivity contribution >= 4 is 29.1 Å². The van der Waals surface area contributed by atoms with E-state index in [1.165, 1.54) is 12.8 Å². The Kier molecular flexibility index (Phi) is 5.91. The van der Waals surface area contributed by atoms with Gasteiger partial charge in [0.15, 0.2) is 0 Å². The van der Waals surface area contributed by atoms with Gasteiger partial charge in [-0.15, -0.1) is 0 Å². The Balaban J connectivity index is 1.87. The number of benzene rings is 1. The van der Waals surface area contributed by atoms with E-state index in [2.05, 4.69) is 17.1 Å². The van der Waals surface area contributed by atoms with Crippen LogP contribution in [0.1, 0.15) is 38.3 Å². The number of likely N-dealkylation sites (tertiary alicyclic amines) is 1. The third kappa shape index (κ3) is 4.87. The van der Waals surface area contributed by atoms with Crippen LogP contribution in [0.15, 0.2) is 18.2 Å². The van der Waals surface area contributed by atoms with Crippen LogP contribution in [0.5, 0.6) is 0 Å². The summed E-state index contributed by atoms with van der Waals surface area (Å²) >= 11 is 12.1. The highest BCUT2D eigenvalue weighted by Gasteiger charge is 2.19. The monoisotopic (exact) mass is 328 g/mol. The van der Waals surface area contributed by atoms with Gasteiger partial charge in [-0.25, -0.2) is 0 Å². The lowest BCUT2D eigenvalue weighted by Crippen LogP contribution is -2.41. The summed E-state index contributed by atoms with van der Waals surface area (Å²) in [4.78, 5) is 14.3. The van der Waals surface area contributed by atoms with Crippen molar-refractivity contribution in [1.82, 2.24) is 10.2 Å². The Morgan fingerprint density at radius 3 is 2.67 bits per heavy atom. The molecule has 0 aromatic heterocycles. The fourth-order valence-corrected chi connectivity index (χ4v) is 3.21. The van der Waals surface area contributed by atoms with Gasteiger partial charge in [0, 0.05) is 10.0 Å². The van der Waals surface area contributed by atoms with E-state index in [0.717, 1.165) is 24.6 Å². The average Bonchev–Trinajstić information content (AvgIpc) is 2.41. The number of halogens is 2. The lowest BCUT2D eigenvalue weighted by Gasteiger charge is -2.30. The number of nitrogens with zero attached hydrogens (tertiary/aromatic N) is 1. The van der Waals surface area contributed by atoms with Crippen LogP contribution in [0.2, 0.25) is 10.0 Å². The molecule has 1 heterocycles. The topological polar surface area (TPSA) is 32.3 Å². The molecule has 1 atom stereocenters. The van der Waals surface area contributed by atoms with Gasteiger partial charge < -0.3 is 5.32 Å². The number of piperidine rings is 1. The summed E-state index contributed by atoms with van der Waals surface area (Å²) in [6.07, 6.45) is 2.34. The number of rotatable bonds is 4. The van der Waals surface area contributed by atoms with Crippen LogP contribution < -0.4 is 5.32 Å². The van der Waals surface area contributed by atoms with Crippen molar-refractivity contribution in [3.8, 4) is 0 Å². The van der Waals surface area contributed by atoms with E-state index in [0.29, 0.717) is 16.6 Å². The highest BCUT2D eigenvalue weighted by atomic mass is 35.5. The molecule has 1 amide bonds. The van der Waals surface area contributed by atoms with Crippen molar-refractivity contribution in [3.05, 3.63) is 33.8 Å². The number of hydrogen-bond acceptors (Lipinski definition) is 2. The highest BCUT2D eigenvalue weighted by molar-refractivity contribution is 6.35. The third-order valence-corrected chi connectivity index (χ3v) is 4.61. The second-order valence-corrected chi connectivity index (χ2v) is 6.76. The molecule has 0 saturated carbocycles. The molecule has 0 aliphatic carbocycles. The standard InChI is InChI=1S/C16H22Cl2N2O/c1-11-5-7-20(8-6-11)10-16(21)19-12(2)14-4-3-13(17)9-15(14)18/h3-4,9,11-12H,5-8,10H2,1-2H3,(H,19,21). The summed E-state index contributed by atoms with van der Waals surface area (Å²) < 4.78 is 0. The van der Waals surface area contributed by atoms with E-state index < -0.39 is 0 Å². The van der Waals surface area contributed by atoms with Gasteiger partial charge in [-0.3, -0.25) is 9.69 Å². The summed E-state index contributed by atoms with van der Waals surface area (Å²) in [5.74, 6) is 0.819. The van der Waals surface area contributed by atoms with E-state index in [1.54, 1.807) is 12.1 Å². The molecule has 116 valence electrons. The number of hydrogen-bond donors (Lipinski definition) is 1. The van der Waals surface area contributed by atoms with Crippen molar-refractivity contribution in [2.75, 3.05) is 19.6 Å². The number of amides is 1. The second kappa shape index (κ2) is 7.48. The Hall–Kier alpha value is -0.770. The maximum atomic E-state index is 12.1. The van der Waals surface area contributed by atoms with E-state index in [-0.39, 0.29) is 11.9 Å². The van der Waals surface area contributed by atoms with E-state index in [4.69, 9.17) is 23.2 Å². The highest BCUT2D eigenvalue weighted by Crippen LogP contribution is 2.26. The van der Waals surface area contributed by atoms with Gasteiger partial charge >= 0.3 is 0 Å². The van der Waals surface area contributed by atoms with Gasteiger partial charge in [-0.05, 0) is 56.5 Å². The van der Waals surface area contributed by atoms with Crippen LogP contribution in [0.25, 0.3) is 0 Å². The summed E-state index contributed by atoms with van der Waals surface area (Å²) in [5.41, 5.74) is 0.890. The Labute approximate surface area is 136 Å². The average molecular weight is 329 g/mol. The molecule has 0 radical (unpaired) electrons. The molecule has 0 bridgehead atoms. The maximum absolute atomic E-state index is 12.1. The number of carbonyl (C=O) groups excluding carboxylic acids is 1. The van der Waals surface area contributed by atoms with Crippen molar-refractivity contribution in [1.29, 1.82) is 0 Å². The molecule has 0 spiro atoms. The largest absolute Gasteiger partial charge is 0.348 e. The SMILES string of the molecule is CC1CCN(CC(=O)NC(C)c2ccc(Cl)cc2Cl)CC1. The van der Waals surface area contributed by atoms with Gasteiger partial charge in [0.05, 0.1) is 12.6 Å². The molecule has 1 fully saturated rings. The zero-order chi connectivity index (χ0) is 15.4. The van der Waals surface area contributed by atoms with Gasteiger partial charge in [-0.1, -0.05) is 36.2 Å². The summed E-state index contributed by atoms with van der Waals surface area (Å²) in [6.45, 7) is 6.67. The van der Waals surface area contributed by atoms with Crippen molar-refractivity contribution in [2.24, 2.45) is 5.92 Å². The predicted octanol–water partition coefficient (Wildman–Crippen LogP) is 3.90. The first-order valence-corrected chi connectivity index (χ1v) is 8.18. The van der Waals surface area contributed by atoms with Crippen LogP contribution in [-0.4, -0.2) is 30.4 Å². The first-order valence-electron chi connectivity index (χ1n) is 7.42. The van der Waals surface area contributed by atoms with Crippen molar-refractivity contribution < 1.29 is 4.79 Å². The number of carbonyl (C=O) groups is 1. The fraction of sp³-hybridized carbons (Fsp3) is 0.562. The van der Waals surface area contributed by atoms with Crippen molar-refractivity contribution in [2.45, 2.75) is 32.7 Å². The molecular formula is C16H22Cl2N2O. The molecular weight excluding hydrogens is 307 g/mol. The first-order chi connectivity index (χ1) is 9.95. The Bertz CT molecular complexity index is 499. The molecule has 1 aromatic rings. The molecule has 1 N–H and O–H groups in total. The van der Waals surface area contributed by atoms with E-state index in [9.17, 15) is 4.79 Å². The third-order valence-electron chi connectivity index (χ3n) is 4.05. The smallest absolute Gasteiger partial charge is 0.234 e. The summed E-state index contributed by atoms with van der Waals surface area (Å²) in [7, 11) is 0. The lowest BCUT2D eigenvalue weighted by atomic mass is 9.99. The normalized spacial score (nSPS) is 18.5. The zero-order valence-electron chi connectivity index (χ0n) is 12.5. The maximum Gasteiger partial charge on any atom is 0.234 e. The molecule has 1 unspecified atom stereocenters. The van der Waals surface area contributed by atoms with Gasteiger partial charge in [0.2, 0.25) is 5.91 Å². The summed E-state index contributed by atoms with van der Waals surface area (Å²) in [5, 5.41) is 4.19. The molecule has 21 heavy (non-hydrogen) atoms. The van der Waals surface area contributed by atoms with Crippen LogP contribution in [0.3, 0.4) is 0 Å². The first kappa shape index (κ1) is 16.6. The minimum Gasteiger partial charge on any atom is -0.348 e. The summed E-state index contributed by atoms with van der Waals surface area (Å²) in [6, 6.07) is 5.23. The quantitative estimate of drug-likeness (QED) is 0.908. The number of nitrogens with one attached hydrogen (secondary N) is 1. The molecule has 1 aliphatic rings. The molecule has 5 heteroatoms. The van der Waals surface area contributed by atoms with Crippen LogP contribution in [0, 0.1) is 5.92 Å². The van der Waals surface area contributed by atoms with Crippen LogP contribution in [0.4, 0.5) is 0 Å². The molecule has 3 nitrogen and oxygen atoms in total. The van der Waals surface area contributed by atoms with E-state index >= 15 is 0 Å². The minimum absolute atomic E-state index is 0.0445. The predicted molar refractivity (Wildman–Crippen MR) is 87.9 cm³/mol. The fourth-order valence-electron chi connectivity index (χ4n) is 2.64. The molecule has 1 aliphatic heterocycles. The minimum atomic E-state index is -0.119. The van der Waals surface area contributed by atoms with E-state index in [1.807, 2.05) is 13.0 Å². The van der Waals surface area contributed by atoms with Gasteiger partial charge in [0.1, 0.15) is 0 Å². The van der Waals surface area contributed by atoms with Crippen LogP contribution >= 0.6 is 23.2 Å². The Morgan fingerprint density at radius 1 is 1.38 bits per heavy atom. The van der Waals surface area contributed by atoms with Gasteiger partial charge in [-0.2, -0.15) is 0 Å².